The third-order valence-corrected chi connectivity index (χ3v) is 3.67. The molecule has 2 aromatic carbocycles. The number of ketones is 1. The number of halogens is 1. The summed E-state index contributed by atoms with van der Waals surface area (Å²) in [4.78, 5) is 12.5. The standard InChI is InChI=1S/C16H15FO2/c17-15-8-7-14(12-5-1-2-6-13(12)15)16(18)11-4-3-9-19-10-11/h1-2,5-8,11H,3-4,9-10H2. The minimum Gasteiger partial charge on any atom is -0.381 e. The van der Waals surface area contributed by atoms with Crippen LogP contribution in [-0.2, 0) is 4.74 Å². The summed E-state index contributed by atoms with van der Waals surface area (Å²) in [7, 11) is 0. The zero-order chi connectivity index (χ0) is 13.2. The van der Waals surface area contributed by atoms with Crippen LogP contribution in [0, 0.1) is 11.7 Å². The van der Waals surface area contributed by atoms with E-state index in [-0.39, 0.29) is 17.5 Å². The molecule has 3 heteroatoms. The lowest BCUT2D eigenvalue weighted by Gasteiger charge is -2.21. The molecule has 2 aromatic rings. The average Bonchev–Trinajstić information content (AvgIpc) is 2.48. The largest absolute Gasteiger partial charge is 0.381 e. The van der Waals surface area contributed by atoms with Gasteiger partial charge in [0.2, 0.25) is 0 Å². The van der Waals surface area contributed by atoms with Crippen LogP contribution in [0.1, 0.15) is 23.2 Å². The van der Waals surface area contributed by atoms with Crippen LogP contribution < -0.4 is 0 Å². The van der Waals surface area contributed by atoms with E-state index >= 15 is 0 Å². The predicted molar refractivity (Wildman–Crippen MR) is 71.8 cm³/mol. The number of hydrogen-bond acceptors (Lipinski definition) is 2. The molecule has 1 fully saturated rings. The first-order chi connectivity index (χ1) is 9.27. The zero-order valence-corrected chi connectivity index (χ0v) is 10.6. The van der Waals surface area contributed by atoms with Gasteiger partial charge in [-0.25, -0.2) is 4.39 Å². The molecule has 0 aliphatic carbocycles. The van der Waals surface area contributed by atoms with Crippen LogP contribution in [0.4, 0.5) is 4.39 Å². The summed E-state index contributed by atoms with van der Waals surface area (Å²) in [5, 5.41) is 1.20. The van der Waals surface area contributed by atoms with Gasteiger partial charge in [0.1, 0.15) is 5.82 Å². The molecule has 0 amide bonds. The fourth-order valence-corrected chi connectivity index (χ4v) is 2.64. The molecule has 1 heterocycles. The molecular weight excluding hydrogens is 243 g/mol. The van der Waals surface area contributed by atoms with E-state index in [4.69, 9.17) is 4.74 Å². The number of benzene rings is 2. The van der Waals surface area contributed by atoms with Gasteiger partial charge in [-0.3, -0.25) is 4.79 Å². The third kappa shape index (κ3) is 2.26. The molecule has 1 atom stereocenters. The second-order valence-corrected chi connectivity index (χ2v) is 4.92. The molecular formula is C16H15FO2. The fourth-order valence-electron chi connectivity index (χ4n) is 2.64. The molecule has 0 N–H and O–H groups in total. The summed E-state index contributed by atoms with van der Waals surface area (Å²) in [6, 6.07) is 10.1. The monoisotopic (exact) mass is 258 g/mol. The molecule has 1 aliphatic heterocycles. The lowest BCUT2D eigenvalue weighted by atomic mass is 9.90. The summed E-state index contributed by atoms with van der Waals surface area (Å²) in [5.74, 6) is -0.314. The quantitative estimate of drug-likeness (QED) is 0.769. The molecule has 1 aliphatic rings. The molecule has 0 aromatic heterocycles. The smallest absolute Gasteiger partial charge is 0.168 e. The average molecular weight is 258 g/mol. The molecule has 0 saturated carbocycles. The van der Waals surface area contributed by atoms with E-state index in [9.17, 15) is 9.18 Å². The van der Waals surface area contributed by atoms with E-state index in [1.165, 1.54) is 6.07 Å². The number of carbonyl (C=O) groups excluding carboxylic acids is 1. The molecule has 3 rings (SSSR count). The van der Waals surface area contributed by atoms with Crippen molar-refractivity contribution in [2.75, 3.05) is 13.2 Å². The highest BCUT2D eigenvalue weighted by molar-refractivity contribution is 6.09. The first-order valence-corrected chi connectivity index (χ1v) is 6.56. The SMILES string of the molecule is O=C(c1ccc(F)c2ccccc12)C1CCCOC1. The maximum absolute atomic E-state index is 13.7. The van der Waals surface area contributed by atoms with Crippen LogP contribution in [0.2, 0.25) is 0 Å². The van der Waals surface area contributed by atoms with Gasteiger partial charge in [0.15, 0.2) is 5.78 Å². The van der Waals surface area contributed by atoms with E-state index in [2.05, 4.69) is 0 Å². The minimum absolute atomic E-state index is 0.0656. The highest BCUT2D eigenvalue weighted by Gasteiger charge is 2.24. The van der Waals surface area contributed by atoms with Crippen molar-refractivity contribution in [3.63, 3.8) is 0 Å². The second kappa shape index (κ2) is 5.10. The van der Waals surface area contributed by atoms with Crippen molar-refractivity contribution in [3.8, 4) is 0 Å². The van der Waals surface area contributed by atoms with Crippen LogP contribution in [0.5, 0.6) is 0 Å². The molecule has 1 saturated heterocycles. The summed E-state index contributed by atoms with van der Waals surface area (Å²) >= 11 is 0. The number of fused-ring (bicyclic) bond motifs is 1. The first-order valence-electron chi connectivity index (χ1n) is 6.56. The Kier molecular flexibility index (Phi) is 3.30. The first kappa shape index (κ1) is 12.3. The van der Waals surface area contributed by atoms with Crippen molar-refractivity contribution in [1.29, 1.82) is 0 Å². The normalized spacial score (nSPS) is 19.5. The van der Waals surface area contributed by atoms with Crippen LogP contribution in [0.25, 0.3) is 10.8 Å². The lowest BCUT2D eigenvalue weighted by Crippen LogP contribution is -2.25. The van der Waals surface area contributed by atoms with Gasteiger partial charge in [0.25, 0.3) is 0 Å². The number of Topliss-reactive ketones (excluding diaryl/α,β-unsaturated/α-hetero) is 1. The molecule has 0 bridgehead atoms. The third-order valence-electron chi connectivity index (χ3n) is 3.67. The fraction of sp³-hybridized carbons (Fsp3) is 0.312. The van der Waals surface area contributed by atoms with Gasteiger partial charge in [-0.15, -0.1) is 0 Å². The topological polar surface area (TPSA) is 26.3 Å². The van der Waals surface area contributed by atoms with Gasteiger partial charge in [0.05, 0.1) is 6.61 Å². The number of rotatable bonds is 2. The van der Waals surface area contributed by atoms with Crippen LogP contribution in [0.15, 0.2) is 36.4 Å². The van der Waals surface area contributed by atoms with E-state index < -0.39 is 0 Å². The molecule has 19 heavy (non-hydrogen) atoms. The zero-order valence-electron chi connectivity index (χ0n) is 10.6. The van der Waals surface area contributed by atoms with E-state index in [1.807, 2.05) is 6.07 Å². The van der Waals surface area contributed by atoms with Crippen LogP contribution in [-0.4, -0.2) is 19.0 Å². The summed E-state index contributed by atoms with van der Waals surface area (Å²) < 4.78 is 19.1. The van der Waals surface area contributed by atoms with Crippen molar-refractivity contribution in [3.05, 3.63) is 47.8 Å². The number of carbonyl (C=O) groups is 1. The molecule has 2 nitrogen and oxygen atoms in total. The molecule has 0 spiro atoms. The lowest BCUT2D eigenvalue weighted by molar-refractivity contribution is 0.0462. The van der Waals surface area contributed by atoms with Gasteiger partial charge in [-0.1, -0.05) is 24.3 Å². The molecule has 0 radical (unpaired) electrons. The van der Waals surface area contributed by atoms with Crippen LogP contribution >= 0.6 is 0 Å². The maximum atomic E-state index is 13.7. The van der Waals surface area contributed by atoms with Gasteiger partial charge >= 0.3 is 0 Å². The van der Waals surface area contributed by atoms with Gasteiger partial charge in [-0.05, 0) is 30.4 Å². The molecule has 1 unspecified atom stereocenters. The Balaban J connectivity index is 2.05. The Labute approximate surface area is 111 Å². The number of hydrogen-bond donors (Lipinski definition) is 0. The van der Waals surface area contributed by atoms with Crippen molar-refractivity contribution in [1.82, 2.24) is 0 Å². The van der Waals surface area contributed by atoms with E-state index in [1.54, 1.807) is 24.3 Å². The minimum atomic E-state index is -0.285. The van der Waals surface area contributed by atoms with Gasteiger partial charge < -0.3 is 4.74 Å². The van der Waals surface area contributed by atoms with Crippen molar-refractivity contribution in [2.24, 2.45) is 5.92 Å². The Morgan fingerprint density at radius 2 is 1.95 bits per heavy atom. The predicted octanol–water partition coefficient (Wildman–Crippen LogP) is 3.59. The summed E-state index contributed by atoms with van der Waals surface area (Å²) in [5.41, 5.74) is 0.604. The van der Waals surface area contributed by atoms with Crippen molar-refractivity contribution in [2.45, 2.75) is 12.8 Å². The highest BCUT2D eigenvalue weighted by Crippen LogP contribution is 2.26. The number of ether oxygens (including phenoxy) is 1. The van der Waals surface area contributed by atoms with E-state index in [0.717, 1.165) is 19.4 Å². The highest BCUT2D eigenvalue weighted by atomic mass is 19.1. The van der Waals surface area contributed by atoms with Crippen molar-refractivity contribution >= 4 is 16.6 Å². The Morgan fingerprint density at radius 3 is 2.68 bits per heavy atom. The van der Waals surface area contributed by atoms with Crippen molar-refractivity contribution < 1.29 is 13.9 Å². The maximum Gasteiger partial charge on any atom is 0.168 e. The second-order valence-electron chi connectivity index (χ2n) is 4.92. The Morgan fingerprint density at radius 1 is 1.16 bits per heavy atom. The van der Waals surface area contributed by atoms with E-state index in [0.29, 0.717) is 22.9 Å². The Hall–Kier alpha value is -1.74. The van der Waals surface area contributed by atoms with Crippen LogP contribution in [0.3, 0.4) is 0 Å². The summed E-state index contributed by atoms with van der Waals surface area (Å²) in [6.45, 7) is 1.21. The molecule has 98 valence electrons. The van der Waals surface area contributed by atoms with Gasteiger partial charge in [0, 0.05) is 23.5 Å². The van der Waals surface area contributed by atoms with Gasteiger partial charge in [-0.2, -0.15) is 0 Å². The summed E-state index contributed by atoms with van der Waals surface area (Å²) in [6.07, 6.45) is 1.76. The Bertz CT molecular complexity index is 615.